The van der Waals surface area contributed by atoms with Gasteiger partial charge in [-0.15, -0.1) is 15.7 Å². The molecule has 2 aromatic carbocycles. The maximum absolute atomic E-state index is 11.9. The van der Waals surface area contributed by atoms with E-state index in [-0.39, 0.29) is 18.9 Å². The summed E-state index contributed by atoms with van der Waals surface area (Å²) in [6.07, 6.45) is 2.73. The Morgan fingerprint density at radius 3 is 2.06 bits per heavy atom. The van der Waals surface area contributed by atoms with E-state index in [2.05, 4.69) is 13.8 Å². The van der Waals surface area contributed by atoms with Crippen LogP contribution in [0.15, 0.2) is 81.6 Å². The summed E-state index contributed by atoms with van der Waals surface area (Å²) in [6, 6.07) is 20.4. The molecule has 0 atom stereocenters. The van der Waals surface area contributed by atoms with Crippen LogP contribution in [0, 0.1) is 0 Å². The Hall–Kier alpha value is -1.60. The summed E-state index contributed by atoms with van der Waals surface area (Å²) in [6.45, 7) is 0. The quantitative estimate of drug-likeness (QED) is 0.0573. The van der Waals surface area contributed by atoms with Gasteiger partial charge < -0.3 is 9.07 Å². The molecule has 0 radical (unpaired) electrons. The zero-order valence-electron chi connectivity index (χ0n) is 15.8. The first-order chi connectivity index (χ1) is 15.5. The molecule has 1 heterocycles. The van der Waals surface area contributed by atoms with Crippen LogP contribution in [0.2, 0.25) is 0 Å². The summed E-state index contributed by atoms with van der Waals surface area (Å²) in [7, 11) is 5.44. The SMILES string of the molecule is O=S(=O)(/N=C/c1ccc(/C=N/SOOOc2ccccc2)s1)Oc1ccccc1.[Cl][Fe][Cl]. The van der Waals surface area contributed by atoms with Crippen LogP contribution in [0.4, 0.5) is 0 Å². The first kappa shape index (κ1) is 26.7. The van der Waals surface area contributed by atoms with Crippen molar-refractivity contribution in [3.05, 3.63) is 82.6 Å². The molecular weight excluding hydrogens is 563 g/mol. The summed E-state index contributed by atoms with van der Waals surface area (Å²) >= 11 is 2.15. The average molecular weight is 577 g/mol. The van der Waals surface area contributed by atoms with Crippen LogP contribution >= 0.6 is 43.8 Å². The average Bonchev–Trinajstić information content (AvgIpc) is 3.24. The van der Waals surface area contributed by atoms with Gasteiger partial charge in [-0.05, 0) is 36.4 Å². The second-order valence-electron chi connectivity index (χ2n) is 5.19. The van der Waals surface area contributed by atoms with Gasteiger partial charge in [0.25, 0.3) is 0 Å². The van der Waals surface area contributed by atoms with Crippen LogP contribution in [-0.4, -0.2) is 20.8 Å². The van der Waals surface area contributed by atoms with Crippen molar-refractivity contribution in [3.63, 3.8) is 0 Å². The summed E-state index contributed by atoms with van der Waals surface area (Å²) in [5, 5.41) is 4.54. The Morgan fingerprint density at radius 2 is 1.44 bits per heavy atom. The Kier molecular flexibility index (Phi) is 12.7. The van der Waals surface area contributed by atoms with Gasteiger partial charge in [-0.1, -0.05) is 40.7 Å². The predicted octanol–water partition coefficient (Wildman–Crippen LogP) is 5.79. The first-order valence-electron chi connectivity index (χ1n) is 8.27. The van der Waals surface area contributed by atoms with Crippen LogP contribution in [0.1, 0.15) is 9.75 Å². The van der Waals surface area contributed by atoms with Crippen LogP contribution in [-0.2, 0) is 32.8 Å². The van der Waals surface area contributed by atoms with E-state index in [1.807, 2.05) is 6.07 Å². The van der Waals surface area contributed by atoms with E-state index in [0.29, 0.717) is 22.9 Å². The molecule has 0 amide bonds. The monoisotopic (exact) mass is 576 g/mol. The Labute approximate surface area is 208 Å². The predicted molar refractivity (Wildman–Crippen MR) is 124 cm³/mol. The second-order valence-corrected chi connectivity index (χ2v) is 9.89. The van der Waals surface area contributed by atoms with Crippen molar-refractivity contribution in [3.8, 4) is 11.5 Å². The third-order valence-corrected chi connectivity index (χ3v) is 5.08. The van der Waals surface area contributed by atoms with Crippen molar-refractivity contribution >= 4 is 66.5 Å². The normalized spacial score (nSPS) is 11.4. The Bertz CT molecular complexity index is 1090. The number of para-hydroxylation sites is 2. The van der Waals surface area contributed by atoms with Crippen molar-refractivity contribution in [2.75, 3.05) is 0 Å². The molecule has 0 N–H and O–H groups in total. The zero-order chi connectivity index (χ0) is 23.1. The molecular formula is C18H14Cl2FeN2O6S3. The van der Waals surface area contributed by atoms with E-state index in [4.69, 9.17) is 33.6 Å². The van der Waals surface area contributed by atoms with Gasteiger partial charge in [0.2, 0.25) is 0 Å². The van der Waals surface area contributed by atoms with Crippen LogP contribution < -0.4 is 9.07 Å². The van der Waals surface area contributed by atoms with Gasteiger partial charge in [-0.25, -0.2) is 0 Å². The summed E-state index contributed by atoms with van der Waals surface area (Å²) in [5.41, 5.74) is 0. The minimum absolute atomic E-state index is 0.194. The van der Waals surface area contributed by atoms with Crippen LogP contribution in [0.5, 0.6) is 11.5 Å². The molecule has 0 fully saturated rings. The number of rotatable bonds is 10. The van der Waals surface area contributed by atoms with Crippen molar-refractivity contribution in [2.45, 2.75) is 0 Å². The molecule has 3 rings (SSSR count). The molecule has 0 saturated carbocycles. The molecule has 0 bridgehead atoms. The van der Waals surface area contributed by atoms with Gasteiger partial charge in [-0.3, -0.25) is 0 Å². The maximum atomic E-state index is 11.9. The van der Waals surface area contributed by atoms with Crippen molar-refractivity contribution < 1.29 is 40.0 Å². The molecule has 32 heavy (non-hydrogen) atoms. The molecule has 0 spiro atoms. The van der Waals surface area contributed by atoms with Crippen LogP contribution in [0.25, 0.3) is 0 Å². The van der Waals surface area contributed by atoms with E-state index in [9.17, 15) is 8.42 Å². The molecule has 3 aromatic rings. The van der Waals surface area contributed by atoms with Crippen molar-refractivity contribution in [1.29, 1.82) is 0 Å². The molecule has 0 saturated heterocycles. The number of thiophene rings is 1. The van der Waals surface area contributed by atoms with Gasteiger partial charge in [0.05, 0.1) is 12.4 Å². The van der Waals surface area contributed by atoms with E-state index >= 15 is 0 Å². The molecule has 0 unspecified atom stereocenters. The number of hydrogen-bond donors (Lipinski definition) is 0. The van der Waals surface area contributed by atoms with E-state index < -0.39 is 10.3 Å². The minimum atomic E-state index is -4.09. The summed E-state index contributed by atoms with van der Waals surface area (Å²) in [5.74, 6) is 0.685. The fourth-order valence-electron chi connectivity index (χ4n) is 1.88. The number of benzene rings is 2. The summed E-state index contributed by atoms with van der Waals surface area (Å²) in [4.78, 5) is 6.24. The van der Waals surface area contributed by atoms with Crippen molar-refractivity contribution in [2.24, 2.45) is 8.80 Å². The Balaban J connectivity index is 0.00000114. The zero-order valence-corrected chi connectivity index (χ0v) is 20.8. The van der Waals surface area contributed by atoms with E-state index in [1.54, 1.807) is 54.6 Å². The number of nitrogens with zero attached hydrogens (tertiary/aromatic N) is 2. The molecule has 0 aliphatic heterocycles. The molecule has 1 aromatic heterocycles. The number of hydrogen-bond acceptors (Lipinski definition) is 9. The summed E-state index contributed by atoms with van der Waals surface area (Å²) < 4.78 is 40.7. The fraction of sp³-hybridized carbons (Fsp3) is 0. The van der Waals surface area contributed by atoms with Gasteiger partial charge in [0.15, 0.2) is 18.0 Å². The standard InChI is InChI=1S/C18H14N2O6S3.2ClH.Fe/c21-29(22,24-16-9-5-2-6-10-16)20-14-18-12-11-17(27-18)13-19-28-26-25-23-15-7-3-1-4-8-15;;;/h1-14H;2*1H;/q;;;+2/p-2/b19-13+,20-14+;;;. The van der Waals surface area contributed by atoms with Crippen molar-refractivity contribution in [1.82, 2.24) is 0 Å². The van der Waals surface area contributed by atoms with E-state index in [1.165, 1.54) is 35.9 Å². The van der Waals surface area contributed by atoms with Gasteiger partial charge >= 0.3 is 43.6 Å². The fourth-order valence-corrected chi connectivity index (χ4v) is 3.65. The Morgan fingerprint density at radius 1 is 0.875 bits per heavy atom. The molecule has 8 nitrogen and oxygen atoms in total. The topological polar surface area (TPSA) is 95.8 Å². The van der Waals surface area contributed by atoms with Gasteiger partial charge in [0, 0.05) is 14.8 Å². The third kappa shape index (κ3) is 11.3. The van der Waals surface area contributed by atoms with Gasteiger partial charge in [-0.2, -0.15) is 12.8 Å². The third-order valence-electron chi connectivity index (χ3n) is 3.06. The molecule has 14 heteroatoms. The number of halogens is 2. The van der Waals surface area contributed by atoms with Crippen LogP contribution in [0.3, 0.4) is 0 Å². The molecule has 172 valence electrons. The molecule has 0 aliphatic carbocycles. The van der Waals surface area contributed by atoms with E-state index in [0.717, 1.165) is 4.88 Å². The second kappa shape index (κ2) is 15.3. The van der Waals surface area contributed by atoms with Gasteiger partial charge in [0.1, 0.15) is 5.75 Å². The first-order valence-corrected chi connectivity index (χ1v) is 14.2. The molecule has 0 aliphatic rings.